The van der Waals surface area contributed by atoms with Gasteiger partial charge in [0.2, 0.25) is 0 Å². The normalized spacial score (nSPS) is 16.5. The maximum Gasteiger partial charge on any atom is 0.416 e. The van der Waals surface area contributed by atoms with Crippen LogP contribution in [-0.2, 0) is 19.1 Å². The first kappa shape index (κ1) is 19.9. The predicted molar refractivity (Wildman–Crippen MR) is 96.1 cm³/mol. The van der Waals surface area contributed by atoms with Crippen LogP contribution in [0.4, 0.5) is 17.6 Å². The lowest BCUT2D eigenvalue weighted by Gasteiger charge is -2.33. The number of aromatic nitrogens is 5. The van der Waals surface area contributed by atoms with Gasteiger partial charge in [0, 0.05) is 18.0 Å². The lowest BCUT2D eigenvalue weighted by molar-refractivity contribution is -0.138. The third-order valence-corrected chi connectivity index (χ3v) is 5.11. The average molecular weight is 420 g/mol. The van der Waals surface area contributed by atoms with E-state index in [1.165, 1.54) is 28.6 Å². The Morgan fingerprint density at radius 1 is 1.20 bits per heavy atom. The number of hydrogen-bond acceptors (Lipinski definition) is 5. The Morgan fingerprint density at radius 3 is 2.57 bits per heavy atom. The van der Waals surface area contributed by atoms with E-state index in [1.807, 2.05) is 0 Å². The van der Waals surface area contributed by atoms with Crippen molar-refractivity contribution in [2.45, 2.75) is 39.0 Å². The average Bonchev–Trinajstić information content (AvgIpc) is 3.09. The largest absolute Gasteiger partial charge is 0.416 e. The molecular formula is C19H16F4N6O. The molecule has 1 amide bonds. The van der Waals surface area contributed by atoms with Crippen molar-refractivity contribution in [3.05, 3.63) is 64.5 Å². The van der Waals surface area contributed by atoms with Gasteiger partial charge in [0.1, 0.15) is 5.69 Å². The first-order valence-corrected chi connectivity index (χ1v) is 9.06. The fourth-order valence-corrected chi connectivity index (χ4v) is 3.54. The van der Waals surface area contributed by atoms with E-state index in [1.54, 1.807) is 6.92 Å². The Morgan fingerprint density at radius 2 is 1.90 bits per heavy atom. The second-order valence-electron chi connectivity index (χ2n) is 7.06. The number of carbonyl (C=O) groups excluding carboxylic acids is 1. The summed E-state index contributed by atoms with van der Waals surface area (Å²) in [6.07, 6.45) is -2.18. The Bertz CT molecular complexity index is 1110. The molecule has 1 unspecified atom stereocenters. The minimum Gasteiger partial charge on any atom is -0.329 e. The van der Waals surface area contributed by atoms with Crippen LogP contribution in [0.1, 0.15) is 39.8 Å². The van der Waals surface area contributed by atoms with Crippen LogP contribution in [0.5, 0.6) is 0 Å². The third kappa shape index (κ3) is 3.40. The van der Waals surface area contributed by atoms with Crippen molar-refractivity contribution in [3.63, 3.8) is 0 Å². The number of alkyl halides is 3. The second-order valence-corrected chi connectivity index (χ2v) is 7.06. The van der Waals surface area contributed by atoms with Gasteiger partial charge in [-0.1, -0.05) is 11.3 Å². The zero-order valence-corrected chi connectivity index (χ0v) is 16.0. The molecule has 0 radical (unpaired) electrons. The fourth-order valence-electron chi connectivity index (χ4n) is 3.54. The van der Waals surface area contributed by atoms with E-state index in [-0.39, 0.29) is 29.7 Å². The Kier molecular flexibility index (Phi) is 4.75. The highest BCUT2D eigenvalue weighted by Crippen LogP contribution is 2.34. The Balaban J connectivity index is 1.65. The van der Waals surface area contributed by atoms with Crippen LogP contribution in [-0.4, -0.2) is 41.8 Å². The van der Waals surface area contributed by atoms with E-state index in [2.05, 4.69) is 20.3 Å². The SMILES string of the molecule is Cc1c(C(=O)N2Cc3nnn(-c4ncc(F)cn4)c3CC2C)cccc1C(F)(F)F. The number of carbonyl (C=O) groups is 1. The van der Waals surface area contributed by atoms with Crippen LogP contribution in [0.2, 0.25) is 0 Å². The van der Waals surface area contributed by atoms with Crippen LogP contribution in [0.3, 0.4) is 0 Å². The highest BCUT2D eigenvalue weighted by molar-refractivity contribution is 5.96. The van der Waals surface area contributed by atoms with Gasteiger partial charge in [-0.25, -0.2) is 14.4 Å². The summed E-state index contributed by atoms with van der Waals surface area (Å²) in [7, 11) is 0. The first-order valence-electron chi connectivity index (χ1n) is 9.06. The van der Waals surface area contributed by atoms with Gasteiger partial charge in [-0.2, -0.15) is 17.9 Å². The van der Waals surface area contributed by atoms with Gasteiger partial charge in [0.15, 0.2) is 5.82 Å². The summed E-state index contributed by atoms with van der Waals surface area (Å²) < 4.78 is 54.1. The highest BCUT2D eigenvalue weighted by atomic mass is 19.4. The maximum atomic E-state index is 13.2. The smallest absolute Gasteiger partial charge is 0.329 e. The van der Waals surface area contributed by atoms with E-state index in [0.717, 1.165) is 18.5 Å². The number of hydrogen-bond donors (Lipinski definition) is 0. The van der Waals surface area contributed by atoms with Crippen molar-refractivity contribution >= 4 is 5.91 Å². The molecular weight excluding hydrogens is 404 g/mol. The predicted octanol–water partition coefficient (Wildman–Crippen LogP) is 3.11. The quantitative estimate of drug-likeness (QED) is 0.596. The molecule has 0 saturated heterocycles. The van der Waals surface area contributed by atoms with Gasteiger partial charge in [-0.3, -0.25) is 4.79 Å². The molecule has 0 bridgehead atoms. The lowest BCUT2D eigenvalue weighted by atomic mass is 9.98. The summed E-state index contributed by atoms with van der Waals surface area (Å²) in [5.41, 5.74) is 0.196. The minimum atomic E-state index is -4.54. The van der Waals surface area contributed by atoms with E-state index in [9.17, 15) is 22.4 Å². The number of nitrogens with zero attached hydrogens (tertiary/aromatic N) is 6. The molecule has 1 aliphatic rings. The summed E-state index contributed by atoms with van der Waals surface area (Å²) in [6.45, 7) is 3.15. The van der Waals surface area contributed by atoms with Gasteiger partial charge >= 0.3 is 6.18 Å². The summed E-state index contributed by atoms with van der Waals surface area (Å²) in [5, 5.41) is 8.06. The molecule has 30 heavy (non-hydrogen) atoms. The zero-order chi connectivity index (χ0) is 21.6. The topological polar surface area (TPSA) is 76.8 Å². The van der Waals surface area contributed by atoms with Crippen molar-refractivity contribution in [1.82, 2.24) is 29.9 Å². The molecule has 0 saturated carbocycles. The number of halogens is 4. The minimum absolute atomic E-state index is 0.00520. The van der Waals surface area contributed by atoms with Crippen LogP contribution >= 0.6 is 0 Å². The van der Waals surface area contributed by atoms with Crippen molar-refractivity contribution < 1.29 is 22.4 Å². The number of benzene rings is 1. The van der Waals surface area contributed by atoms with Crippen LogP contribution in [0.25, 0.3) is 5.95 Å². The first-order chi connectivity index (χ1) is 14.2. The highest BCUT2D eigenvalue weighted by Gasteiger charge is 2.36. The summed E-state index contributed by atoms with van der Waals surface area (Å²) in [5.74, 6) is -0.954. The van der Waals surface area contributed by atoms with Gasteiger partial charge in [0.25, 0.3) is 11.9 Å². The summed E-state index contributed by atoms with van der Waals surface area (Å²) in [4.78, 5) is 22.3. The monoisotopic (exact) mass is 420 g/mol. The van der Waals surface area contributed by atoms with E-state index in [0.29, 0.717) is 17.8 Å². The molecule has 1 aliphatic heterocycles. The number of fused-ring (bicyclic) bond motifs is 1. The molecule has 1 aromatic carbocycles. The Hall–Kier alpha value is -3.37. The van der Waals surface area contributed by atoms with Gasteiger partial charge in [-0.15, -0.1) is 5.10 Å². The maximum absolute atomic E-state index is 13.2. The van der Waals surface area contributed by atoms with Crippen molar-refractivity contribution in [1.29, 1.82) is 0 Å². The standard InChI is InChI=1S/C19H16F4N6O/c1-10-6-16-15(26-27-29(16)18-24-7-12(20)8-25-18)9-28(10)17(30)13-4-3-5-14(11(13)2)19(21,22)23/h3-5,7-8,10H,6,9H2,1-2H3. The van der Waals surface area contributed by atoms with Gasteiger partial charge in [0.05, 0.1) is 30.2 Å². The van der Waals surface area contributed by atoms with Crippen LogP contribution < -0.4 is 0 Å². The third-order valence-electron chi connectivity index (χ3n) is 5.11. The van der Waals surface area contributed by atoms with E-state index >= 15 is 0 Å². The lowest BCUT2D eigenvalue weighted by Crippen LogP contribution is -2.43. The second kappa shape index (κ2) is 7.15. The number of rotatable bonds is 2. The summed E-state index contributed by atoms with van der Waals surface area (Å²) >= 11 is 0. The van der Waals surface area contributed by atoms with E-state index < -0.39 is 23.5 Å². The molecule has 4 rings (SSSR count). The van der Waals surface area contributed by atoms with Crippen molar-refractivity contribution in [2.24, 2.45) is 0 Å². The van der Waals surface area contributed by atoms with Gasteiger partial charge < -0.3 is 4.90 Å². The fraction of sp³-hybridized carbons (Fsp3) is 0.316. The zero-order valence-electron chi connectivity index (χ0n) is 16.0. The molecule has 0 aliphatic carbocycles. The van der Waals surface area contributed by atoms with Crippen molar-refractivity contribution in [2.75, 3.05) is 0 Å². The van der Waals surface area contributed by atoms with E-state index in [4.69, 9.17) is 0 Å². The molecule has 3 aromatic rings. The molecule has 2 aromatic heterocycles. The van der Waals surface area contributed by atoms with Crippen molar-refractivity contribution in [3.8, 4) is 5.95 Å². The van der Waals surface area contributed by atoms with Crippen LogP contribution in [0.15, 0.2) is 30.6 Å². The summed E-state index contributed by atoms with van der Waals surface area (Å²) in [6, 6.07) is 3.23. The van der Waals surface area contributed by atoms with Gasteiger partial charge in [-0.05, 0) is 31.5 Å². The molecule has 0 fully saturated rings. The number of amides is 1. The molecule has 156 valence electrons. The molecule has 1 atom stereocenters. The molecule has 11 heteroatoms. The van der Waals surface area contributed by atoms with Crippen LogP contribution in [0, 0.1) is 12.7 Å². The molecule has 0 spiro atoms. The Labute approximate surface area is 168 Å². The molecule has 0 N–H and O–H groups in total. The molecule has 7 nitrogen and oxygen atoms in total. The molecule has 3 heterocycles.